The molecule has 0 radical (unpaired) electrons. The summed E-state index contributed by atoms with van der Waals surface area (Å²) >= 11 is 0. The lowest BCUT2D eigenvalue weighted by Crippen LogP contribution is -2.47. The van der Waals surface area contributed by atoms with Crippen molar-refractivity contribution >= 4 is 12.6 Å². The van der Waals surface area contributed by atoms with Crippen LogP contribution in [-0.2, 0) is 9.31 Å². The average Bonchev–Trinajstić information content (AvgIpc) is 3.34. The topological polar surface area (TPSA) is 18.5 Å². The zero-order chi connectivity index (χ0) is 16.4. The first-order chi connectivity index (χ1) is 11.6. The molecule has 1 saturated heterocycles. The Kier molecular flexibility index (Phi) is 3.45. The lowest BCUT2D eigenvalue weighted by atomic mass is 9.77. The second-order valence-electron chi connectivity index (χ2n) is 8.90. The predicted octanol–water partition coefficient (Wildman–Crippen LogP) is 4.66. The lowest BCUT2D eigenvalue weighted by Gasteiger charge is -2.39. The fourth-order valence-electron chi connectivity index (χ4n) is 6.22. The molecule has 2 nitrogen and oxygen atoms in total. The molecule has 3 heteroatoms. The summed E-state index contributed by atoms with van der Waals surface area (Å²) in [5, 5.41) is 0. The van der Waals surface area contributed by atoms with Gasteiger partial charge in [-0.05, 0) is 60.5 Å². The van der Waals surface area contributed by atoms with Crippen LogP contribution in [0.4, 0.5) is 0 Å². The van der Waals surface area contributed by atoms with E-state index in [4.69, 9.17) is 9.31 Å². The van der Waals surface area contributed by atoms with Crippen LogP contribution in [0.5, 0.6) is 0 Å². The van der Waals surface area contributed by atoms with E-state index in [1.54, 1.807) is 0 Å². The molecular formula is C21H29BO2. The van der Waals surface area contributed by atoms with E-state index in [0.29, 0.717) is 11.8 Å². The summed E-state index contributed by atoms with van der Waals surface area (Å²) in [6, 6.07) is 7.01. The largest absolute Gasteiger partial charge is 0.494 e. The summed E-state index contributed by atoms with van der Waals surface area (Å²) in [7, 11) is -0.144. The van der Waals surface area contributed by atoms with Gasteiger partial charge in [0.2, 0.25) is 0 Å². The monoisotopic (exact) mass is 324 g/mol. The highest BCUT2D eigenvalue weighted by atomic mass is 16.7. The molecule has 3 fully saturated rings. The normalized spacial score (nSPS) is 33.0. The van der Waals surface area contributed by atoms with E-state index >= 15 is 0 Å². The van der Waals surface area contributed by atoms with Crippen molar-refractivity contribution in [1.82, 2.24) is 0 Å². The van der Waals surface area contributed by atoms with Gasteiger partial charge in [0.15, 0.2) is 0 Å². The highest BCUT2D eigenvalue weighted by molar-refractivity contribution is 6.62. The van der Waals surface area contributed by atoms with Gasteiger partial charge in [-0.25, -0.2) is 0 Å². The maximum atomic E-state index is 6.73. The molecular weight excluding hydrogens is 295 g/mol. The van der Waals surface area contributed by atoms with Crippen LogP contribution < -0.4 is 5.46 Å². The summed E-state index contributed by atoms with van der Waals surface area (Å²) in [6.07, 6.45) is 11.3. The van der Waals surface area contributed by atoms with Gasteiger partial charge in [0, 0.05) is 0 Å². The van der Waals surface area contributed by atoms with Gasteiger partial charge in [0.05, 0.1) is 11.2 Å². The van der Waals surface area contributed by atoms with Gasteiger partial charge in [0.25, 0.3) is 0 Å². The van der Waals surface area contributed by atoms with Gasteiger partial charge in [-0.15, -0.1) is 0 Å². The fraction of sp³-hybridized carbons (Fsp3) is 0.714. The Hall–Kier alpha value is -0.795. The van der Waals surface area contributed by atoms with Crippen molar-refractivity contribution in [3.63, 3.8) is 0 Å². The zero-order valence-corrected chi connectivity index (χ0v) is 15.1. The summed E-state index contributed by atoms with van der Waals surface area (Å²) in [5.74, 6) is 1.36. The molecule has 0 N–H and O–H groups in total. The van der Waals surface area contributed by atoms with E-state index in [2.05, 4.69) is 32.0 Å². The molecule has 1 aliphatic heterocycles. The van der Waals surface area contributed by atoms with Crippen LogP contribution in [0.15, 0.2) is 18.2 Å². The van der Waals surface area contributed by atoms with Crippen LogP contribution >= 0.6 is 0 Å². The third-order valence-electron chi connectivity index (χ3n) is 7.47. The van der Waals surface area contributed by atoms with Gasteiger partial charge in [-0.2, -0.15) is 0 Å². The van der Waals surface area contributed by atoms with Crippen molar-refractivity contribution < 1.29 is 9.31 Å². The summed E-state index contributed by atoms with van der Waals surface area (Å²) in [5.41, 5.74) is 4.33. The number of hydrogen-bond donors (Lipinski definition) is 0. The molecule has 0 bridgehead atoms. The first-order valence-corrected chi connectivity index (χ1v) is 10.1. The molecule has 2 atom stereocenters. The van der Waals surface area contributed by atoms with Crippen molar-refractivity contribution in [3.05, 3.63) is 29.3 Å². The second-order valence-corrected chi connectivity index (χ2v) is 8.90. The smallest absolute Gasteiger partial charge is 0.399 e. The molecule has 0 aromatic heterocycles. The minimum absolute atomic E-state index is 0.00604. The lowest BCUT2D eigenvalue weighted by molar-refractivity contribution is -0.0400. The fourth-order valence-corrected chi connectivity index (χ4v) is 6.22. The van der Waals surface area contributed by atoms with E-state index in [9.17, 15) is 0 Å². The quantitative estimate of drug-likeness (QED) is 0.699. The summed E-state index contributed by atoms with van der Waals surface area (Å²) in [6.45, 7) is 4.71. The average molecular weight is 324 g/mol. The third kappa shape index (κ3) is 2.04. The molecule has 5 rings (SSSR count). The molecule has 2 spiro atoms. The zero-order valence-electron chi connectivity index (χ0n) is 15.1. The maximum Gasteiger partial charge on any atom is 0.494 e. The van der Waals surface area contributed by atoms with Crippen LogP contribution in [-0.4, -0.2) is 18.3 Å². The highest BCUT2D eigenvalue weighted by Gasteiger charge is 2.63. The van der Waals surface area contributed by atoms with E-state index in [1.165, 1.54) is 74.4 Å². The maximum absolute atomic E-state index is 6.73. The number of benzene rings is 1. The second kappa shape index (κ2) is 5.35. The molecule has 128 valence electrons. The van der Waals surface area contributed by atoms with Gasteiger partial charge >= 0.3 is 7.12 Å². The highest BCUT2D eigenvalue weighted by Crippen LogP contribution is 2.55. The molecule has 24 heavy (non-hydrogen) atoms. The van der Waals surface area contributed by atoms with Crippen LogP contribution in [0.25, 0.3) is 0 Å². The van der Waals surface area contributed by atoms with Crippen LogP contribution in [0.2, 0.25) is 0 Å². The Balaban J connectivity index is 1.49. The Morgan fingerprint density at radius 1 is 0.833 bits per heavy atom. The van der Waals surface area contributed by atoms with Gasteiger partial charge in [-0.3, -0.25) is 0 Å². The van der Waals surface area contributed by atoms with Gasteiger partial charge < -0.3 is 9.31 Å². The Morgan fingerprint density at radius 3 is 1.96 bits per heavy atom. The molecule has 1 aromatic rings. The molecule has 2 unspecified atom stereocenters. The molecule has 2 saturated carbocycles. The van der Waals surface area contributed by atoms with Crippen LogP contribution in [0.3, 0.4) is 0 Å². The number of hydrogen-bond acceptors (Lipinski definition) is 2. The Morgan fingerprint density at radius 2 is 1.38 bits per heavy atom. The Labute approximate surface area is 146 Å². The van der Waals surface area contributed by atoms with E-state index < -0.39 is 0 Å². The van der Waals surface area contributed by atoms with Crippen molar-refractivity contribution in [1.29, 1.82) is 0 Å². The minimum Gasteiger partial charge on any atom is -0.399 e. The van der Waals surface area contributed by atoms with Gasteiger partial charge in [-0.1, -0.05) is 57.7 Å². The molecule has 1 aromatic carbocycles. The molecule has 4 aliphatic rings. The van der Waals surface area contributed by atoms with Crippen molar-refractivity contribution in [2.45, 2.75) is 94.7 Å². The van der Waals surface area contributed by atoms with E-state index in [1.807, 2.05) is 0 Å². The molecule has 1 heterocycles. The first kappa shape index (κ1) is 15.5. The molecule has 0 amide bonds. The van der Waals surface area contributed by atoms with E-state index in [0.717, 1.165) is 0 Å². The molecule has 3 aliphatic carbocycles. The van der Waals surface area contributed by atoms with Crippen molar-refractivity contribution in [2.24, 2.45) is 0 Å². The summed E-state index contributed by atoms with van der Waals surface area (Å²) in [4.78, 5) is 0. The van der Waals surface area contributed by atoms with E-state index in [-0.39, 0.29) is 18.3 Å². The first-order valence-electron chi connectivity index (χ1n) is 10.1. The standard InChI is InChI=1S/C21H29BO2/c1-15-13-16(2)19-14-17(7-8-18(15)19)22-23-20(9-3-4-10-20)21(24-22)11-5-6-12-21/h7-8,14-16H,3-6,9-13H2,1-2H3. The minimum atomic E-state index is -0.144. The van der Waals surface area contributed by atoms with Crippen LogP contribution in [0, 0.1) is 0 Å². The third-order valence-corrected chi connectivity index (χ3v) is 7.47. The van der Waals surface area contributed by atoms with Crippen LogP contribution in [0.1, 0.15) is 94.6 Å². The van der Waals surface area contributed by atoms with Gasteiger partial charge in [0.1, 0.15) is 0 Å². The summed E-state index contributed by atoms with van der Waals surface area (Å²) < 4.78 is 13.5. The number of rotatable bonds is 1. The Bertz CT molecular complexity index is 619. The van der Waals surface area contributed by atoms with Crippen molar-refractivity contribution in [2.75, 3.05) is 0 Å². The number of fused-ring (bicyclic) bond motifs is 2. The predicted molar refractivity (Wildman–Crippen MR) is 97.8 cm³/mol. The van der Waals surface area contributed by atoms with Crippen molar-refractivity contribution in [3.8, 4) is 0 Å². The SMILES string of the molecule is CC1CC(C)c2cc(B3OC4(CCCC4)C4(CCCC4)O3)ccc21.